The Kier molecular flexibility index (Phi) is 7.35. The van der Waals surface area contributed by atoms with E-state index in [4.69, 9.17) is 0 Å². The summed E-state index contributed by atoms with van der Waals surface area (Å²) in [5.41, 5.74) is 3.34. The lowest BCUT2D eigenvalue weighted by Gasteiger charge is -2.21. The summed E-state index contributed by atoms with van der Waals surface area (Å²) in [7, 11) is -0.106. The highest BCUT2D eigenvalue weighted by Gasteiger charge is 2.34. The molecule has 1 heterocycles. The predicted octanol–water partition coefficient (Wildman–Crippen LogP) is 3.68. The van der Waals surface area contributed by atoms with E-state index in [2.05, 4.69) is 27.3 Å². The first-order chi connectivity index (χ1) is 16.6. The summed E-state index contributed by atoms with van der Waals surface area (Å²) in [6, 6.07) is 11.7. The van der Waals surface area contributed by atoms with Gasteiger partial charge >= 0.3 is 6.18 Å². The Labute approximate surface area is 203 Å². The molecule has 0 spiro atoms. The molecule has 2 unspecified atom stereocenters. The number of hydrogen-bond donors (Lipinski definition) is 2. The van der Waals surface area contributed by atoms with Crippen molar-refractivity contribution < 1.29 is 21.6 Å². The first-order valence-corrected chi connectivity index (χ1v) is 13.0. The fraction of sp³-hybridized carbons (Fsp3) is 0.400. The summed E-state index contributed by atoms with van der Waals surface area (Å²) in [5, 5.41) is 7.12. The van der Waals surface area contributed by atoms with E-state index in [1.54, 1.807) is 13.1 Å². The summed E-state index contributed by atoms with van der Waals surface area (Å²) in [6.45, 7) is 0.993. The Hall–Kier alpha value is -2.69. The molecule has 0 saturated carbocycles. The lowest BCUT2D eigenvalue weighted by molar-refractivity contribution is -0.137. The van der Waals surface area contributed by atoms with Crippen LogP contribution in [0.1, 0.15) is 33.7 Å². The first kappa shape index (κ1) is 25.4. The smallest absolute Gasteiger partial charge is 0.319 e. The van der Waals surface area contributed by atoms with Crippen molar-refractivity contribution in [3.05, 3.63) is 82.7 Å². The third-order valence-electron chi connectivity index (χ3n) is 6.53. The number of benzene rings is 2. The maximum atomic E-state index is 13.2. The monoisotopic (exact) mass is 506 g/mol. The highest BCUT2D eigenvalue weighted by molar-refractivity contribution is 7.89. The lowest BCUT2D eigenvalue weighted by Crippen LogP contribution is -2.25. The Balaban J connectivity index is 1.50. The van der Waals surface area contributed by atoms with Crippen molar-refractivity contribution in [3.8, 4) is 0 Å². The number of fused-ring (bicyclic) bond motifs is 1. The number of nitrogens with one attached hydrogen (secondary N) is 2. The normalized spacial score (nSPS) is 18.1. The van der Waals surface area contributed by atoms with E-state index in [1.165, 1.54) is 34.8 Å². The molecule has 188 valence electrons. The van der Waals surface area contributed by atoms with Gasteiger partial charge in [-0.3, -0.25) is 4.68 Å². The van der Waals surface area contributed by atoms with E-state index in [0.717, 1.165) is 30.2 Å². The van der Waals surface area contributed by atoms with Gasteiger partial charge in [0.2, 0.25) is 10.0 Å². The molecule has 1 aliphatic carbocycles. The minimum Gasteiger partial charge on any atom is -0.319 e. The average Bonchev–Trinajstić information content (AvgIpc) is 3.38. The first-order valence-electron chi connectivity index (χ1n) is 11.5. The molecule has 0 amide bonds. The van der Waals surface area contributed by atoms with Crippen LogP contribution in [0.15, 0.2) is 59.8 Å². The number of halogens is 3. The SMILES string of the molecule is CNCC1Cc2ccc(CCNS(=O)(=O)c3cnn(C)c3)cc2C1Cc1cccc(C(F)(F)F)c1. The van der Waals surface area contributed by atoms with Crippen LogP contribution in [0.4, 0.5) is 13.2 Å². The van der Waals surface area contributed by atoms with Crippen LogP contribution in [0.5, 0.6) is 0 Å². The Morgan fingerprint density at radius 3 is 2.63 bits per heavy atom. The summed E-state index contributed by atoms with van der Waals surface area (Å²) in [4.78, 5) is 0.116. The van der Waals surface area contributed by atoms with Gasteiger partial charge in [0.25, 0.3) is 0 Å². The fourth-order valence-corrected chi connectivity index (χ4v) is 5.86. The summed E-state index contributed by atoms with van der Waals surface area (Å²) < 4.78 is 68.6. The van der Waals surface area contributed by atoms with E-state index in [1.807, 2.05) is 13.1 Å². The van der Waals surface area contributed by atoms with Gasteiger partial charge in [0.1, 0.15) is 4.90 Å². The second kappa shape index (κ2) is 10.1. The molecule has 4 rings (SSSR count). The Morgan fingerprint density at radius 1 is 1.14 bits per heavy atom. The molecule has 2 N–H and O–H groups in total. The van der Waals surface area contributed by atoms with Gasteiger partial charge in [-0.2, -0.15) is 18.3 Å². The fourth-order valence-electron chi connectivity index (χ4n) is 4.84. The van der Waals surface area contributed by atoms with Crippen molar-refractivity contribution in [2.45, 2.75) is 36.3 Å². The zero-order valence-electron chi connectivity index (χ0n) is 19.6. The van der Waals surface area contributed by atoms with Crippen LogP contribution in [-0.2, 0) is 42.5 Å². The van der Waals surface area contributed by atoms with Crippen molar-refractivity contribution >= 4 is 10.0 Å². The molecule has 0 fully saturated rings. The topological polar surface area (TPSA) is 76.0 Å². The van der Waals surface area contributed by atoms with E-state index >= 15 is 0 Å². The largest absolute Gasteiger partial charge is 0.416 e. The van der Waals surface area contributed by atoms with Gasteiger partial charge in [-0.1, -0.05) is 36.4 Å². The molecule has 0 saturated heterocycles. The highest BCUT2D eigenvalue weighted by atomic mass is 32.2. The number of hydrogen-bond acceptors (Lipinski definition) is 4. The minimum absolute atomic E-state index is 0.0768. The molecule has 3 aromatic rings. The number of aryl methyl sites for hydroxylation is 1. The van der Waals surface area contributed by atoms with Gasteiger partial charge < -0.3 is 5.32 Å². The molecule has 0 bridgehead atoms. The average molecular weight is 507 g/mol. The molecular weight excluding hydrogens is 477 g/mol. The second-order valence-corrected chi connectivity index (χ2v) is 10.8. The number of sulfonamides is 1. The molecule has 0 radical (unpaired) electrons. The molecule has 10 heteroatoms. The minimum atomic E-state index is -4.37. The van der Waals surface area contributed by atoms with Crippen molar-refractivity contribution in [3.63, 3.8) is 0 Å². The lowest BCUT2D eigenvalue weighted by atomic mass is 9.85. The van der Waals surface area contributed by atoms with E-state index in [0.29, 0.717) is 18.4 Å². The van der Waals surface area contributed by atoms with Gasteiger partial charge in [0.15, 0.2) is 0 Å². The van der Waals surface area contributed by atoms with Crippen molar-refractivity contribution in [2.24, 2.45) is 13.0 Å². The van der Waals surface area contributed by atoms with Crippen LogP contribution in [0.3, 0.4) is 0 Å². The Morgan fingerprint density at radius 2 is 1.94 bits per heavy atom. The summed E-state index contributed by atoms with van der Waals surface area (Å²) in [5.74, 6) is 0.344. The maximum Gasteiger partial charge on any atom is 0.416 e. The van der Waals surface area contributed by atoms with Crippen molar-refractivity contribution in [1.29, 1.82) is 0 Å². The predicted molar refractivity (Wildman–Crippen MR) is 128 cm³/mol. The molecule has 6 nitrogen and oxygen atoms in total. The summed E-state index contributed by atoms with van der Waals surface area (Å²) >= 11 is 0. The zero-order valence-corrected chi connectivity index (χ0v) is 20.5. The van der Waals surface area contributed by atoms with Crippen molar-refractivity contribution in [1.82, 2.24) is 19.8 Å². The molecule has 0 aliphatic heterocycles. The number of aromatic nitrogens is 2. The Bertz CT molecular complexity index is 1290. The number of alkyl halides is 3. The molecule has 2 atom stereocenters. The van der Waals surface area contributed by atoms with Gasteiger partial charge in [0.05, 0.1) is 11.8 Å². The van der Waals surface area contributed by atoms with Crippen LogP contribution in [0.2, 0.25) is 0 Å². The number of rotatable bonds is 9. The number of nitrogens with zero attached hydrogens (tertiary/aromatic N) is 2. The van der Waals surface area contributed by atoms with Gasteiger partial charge in [-0.15, -0.1) is 0 Å². The summed E-state index contributed by atoms with van der Waals surface area (Å²) in [6.07, 6.45) is 0.244. The molecule has 2 aromatic carbocycles. The van der Waals surface area contributed by atoms with E-state index in [-0.39, 0.29) is 23.3 Å². The molecule has 35 heavy (non-hydrogen) atoms. The van der Waals surface area contributed by atoms with Crippen LogP contribution in [0.25, 0.3) is 0 Å². The third-order valence-corrected chi connectivity index (χ3v) is 7.95. The van der Waals surface area contributed by atoms with E-state index in [9.17, 15) is 21.6 Å². The van der Waals surface area contributed by atoms with Gasteiger partial charge in [0, 0.05) is 19.8 Å². The zero-order chi connectivity index (χ0) is 25.2. The molecule has 1 aliphatic rings. The maximum absolute atomic E-state index is 13.2. The molecular formula is C25H29F3N4O2S. The standard InChI is InChI=1S/C25H29F3N4O2S/c1-29-14-20-13-19-7-6-17(8-9-31-35(33,34)22-15-30-32(2)16-22)11-23(19)24(20)12-18-4-3-5-21(10-18)25(26,27)28/h3-7,10-11,15-16,20,24,29,31H,8-9,12-14H2,1-2H3. The quantitative estimate of drug-likeness (QED) is 0.464. The van der Waals surface area contributed by atoms with Crippen LogP contribution in [0, 0.1) is 5.92 Å². The van der Waals surface area contributed by atoms with Crippen LogP contribution in [-0.4, -0.2) is 38.3 Å². The third kappa shape index (κ3) is 5.94. The van der Waals surface area contributed by atoms with Crippen LogP contribution >= 0.6 is 0 Å². The second-order valence-electron chi connectivity index (χ2n) is 9.06. The van der Waals surface area contributed by atoms with E-state index < -0.39 is 21.8 Å². The molecule has 1 aromatic heterocycles. The van der Waals surface area contributed by atoms with Gasteiger partial charge in [-0.25, -0.2) is 13.1 Å². The van der Waals surface area contributed by atoms with Crippen molar-refractivity contribution in [2.75, 3.05) is 20.1 Å². The van der Waals surface area contributed by atoms with Gasteiger partial charge in [-0.05, 0) is 73.0 Å². The van der Waals surface area contributed by atoms with Crippen LogP contribution < -0.4 is 10.0 Å². The highest BCUT2D eigenvalue weighted by Crippen LogP contribution is 2.41.